The Bertz CT molecular complexity index is 1850. The number of amides is 4. The number of hydrogen-bond donors (Lipinski definition) is 3. The van der Waals surface area contributed by atoms with Gasteiger partial charge < -0.3 is 15.1 Å². The Morgan fingerprint density at radius 1 is 0.714 bits per heavy atom. The number of carbonyl (C=O) groups excluding carboxylic acids is 3. The fraction of sp³-hybridized carbons (Fsp3) is 0.194. The van der Waals surface area contributed by atoms with E-state index in [4.69, 9.17) is 0 Å². The monoisotopic (exact) mass is 721 g/mol. The molecule has 2 heterocycles. The third-order valence-electron chi connectivity index (χ3n) is 6.88. The van der Waals surface area contributed by atoms with Crippen LogP contribution in [0.15, 0.2) is 85.5 Å². The van der Waals surface area contributed by atoms with Crippen LogP contribution in [-0.2, 0) is 32.6 Å². The summed E-state index contributed by atoms with van der Waals surface area (Å²) >= 11 is 0. The SMILES string of the molecule is CN(C(=O)[C@H](Cc1cc(F)cc(F)c1)NC(=O)NS(=O)(=O)N[C@@H](Cc1cc(F)cc(F)c1)C(=O)N(C)c1cccnc1)c1cccnc1.S. The summed E-state index contributed by atoms with van der Waals surface area (Å²) in [6.45, 7) is 0. The number of hydrogen-bond acceptors (Lipinski definition) is 7. The molecule has 2 atom stereocenters. The van der Waals surface area contributed by atoms with Crippen LogP contribution in [-0.4, -0.2) is 62.4 Å². The number of carbonyl (C=O) groups is 3. The van der Waals surface area contributed by atoms with Crippen LogP contribution in [0.4, 0.5) is 33.7 Å². The molecule has 0 saturated carbocycles. The van der Waals surface area contributed by atoms with Gasteiger partial charge in [-0.2, -0.15) is 26.6 Å². The first kappa shape index (κ1) is 38.4. The zero-order valence-electron chi connectivity index (χ0n) is 25.9. The quantitative estimate of drug-likeness (QED) is 0.190. The number of aromatic nitrogens is 2. The van der Waals surface area contributed by atoms with E-state index in [1.54, 1.807) is 4.72 Å². The highest BCUT2D eigenvalue weighted by Gasteiger charge is 2.31. The molecule has 4 aromatic rings. The Morgan fingerprint density at radius 2 is 1.12 bits per heavy atom. The molecule has 4 rings (SSSR count). The zero-order chi connectivity index (χ0) is 35.0. The Kier molecular flexibility index (Phi) is 13.2. The maximum Gasteiger partial charge on any atom is 0.330 e. The van der Waals surface area contributed by atoms with Gasteiger partial charge in [0, 0.05) is 45.0 Å². The third-order valence-corrected chi connectivity index (χ3v) is 7.93. The van der Waals surface area contributed by atoms with E-state index in [-0.39, 0.29) is 30.3 Å². The van der Waals surface area contributed by atoms with Gasteiger partial charge >= 0.3 is 16.2 Å². The van der Waals surface area contributed by atoms with Crippen molar-refractivity contribution in [2.24, 2.45) is 0 Å². The molecular formula is C31H31F4N7O5S2. The van der Waals surface area contributed by atoms with Crippen LogP contribution in [0.2, 0.25) is 0 Å². The summed E-state index contributed by atoms with van der Waals surface area (Å²) in [7, 11) is -2.26. The lowest BCUT2D eigenvalue weighted by atomic mass is 10.0. The molecule has 3 N–H and O–H groups in total. The number of nitrogens with one attached hydrogen (secondary N) is 3. The van der Waals surface area contributed by atoms with Crippen molar-refractivity contribution in [1.29, 1.82) is 0 Å². The largest absolute Gasteiger partial charge is 0.330 e. The summed E-state index contributed by atoms with van der Waals surface area (Å²) < 4.78 is 85.8. The molecule has 0 saturated heterocycles. The number of pyridine rings is 2. The molecule has 49 heavy (non-hydrogen) atoms. The van der Waals surface area contributed by atoms with E-state index in [2.05, 4.69) is 15.3 Å². The van der Waals surface area contributed by atoms with Crippen LogP contribution >= 0.6 is 13.5 Å². The molecular weight excluding hydrogens is 691 g/mol. The summed E-state index contributed by atoms with van der Waals surface area (Å²) in [6.07, 6.45) is 4.56. The Labute approximate surface area is 286 Å². The summed E-state index contributed by atoms with van der Waals surface area (Å²) in [6, 6.07) is 6.30. The highest BCUT2D eigenvalue weighted by molar-refractivity contribution is 7.88. The van der Waals surface area contributed by atoms with Crippen molar-refractivity contribution >= 4 is 52.9 Å². The lowest BCUT2D eigenvalue weighted by Gasteiger charge is -2.26. The highest BCUT2D eigenvalue weighted by atomic mass is 32.2. The predicted molar refractivity (Wildman–Crippen MR) is 177 cm³/mol. The molecule has 12 nitrogen and oxygen atoms in total. The number of anilines is 2. The number of nitrogens with zero attached hydrogens (tertiary/aromatic N) is 4. The van der Waals surface area contributed by atoms with Gasteiger partial charge in [-0.3, -0.25) is 19.6 Å². The van der Waals surface area contributed by atoms with Crippen molar-refractivity contribution in [2.75, 3.05) is 23.9 Å². The fourth-order valence-electron chi connectivity index (χ4n) is 4.66. The molecule has 260 valence electrons. The number of likely N-dealkylation sites (N-methyl/N-ethyl adjacent to an activating group) is 2. The molecule has 0 fully saturated rings. The number of urea groups is 1. The standard InChI is InChI=1S/C31H29F4N7O5S.H2S/c1-41(25-5-3-7-36-17-25)29(43)27(13-19-9-21(32)15-22(33)10-19)38-31(45)40-48(46,47)39-28(14-20-11-23(34)16-24(35)12-20)30(44)42(2)26-6-4-8-37-18-26;/h3-12,15-18,27-28,39H,13-14H2,1-2H3,(H2,38,40,45);1H2/t27-,28-;/m0./s1. The summed E-state index contributed by atoms with van der Waals surface area (Å²) in [5, 5.41) is 2.20. The molecule has 0 spiro atoms. The van der Waals surface area contributed by atoms with Gasteiger partial charge in [0.05, 0.1) is 23.8 Å². The number of halogens is 4. The molecule has 4 amide bonds. The molecule has 0 radical (unpaired) electrons. The van der Waals surface area contributed by atoms with Gasteiger partial charge in [-0.25, -0.2) is 27.1 Å². The van der Waals surface area contributed by atoms with Crippen LogP contribution in [0.5, 0.6) is 0 Å². The van der Waals surface area contributed by atoms with Gasteiger partial charge in [-0.15, -0.1) is 0 Å². The highest BCUT2D eigenvalue weighted by Crippen LogP contribution is 2.17. The molecule has 0 bridgehead atoms. The van der Waals surface area contributed by atoms with Crippen molar-refractivity contribution in [3.63, 3.8) is 0 Å². The first-order valence-corrected chi connectivity index (χ1v) is 15.5. The van der Waals surface area contributed by atoms with Crippen molar-refractivity contribution in [2.45, 2.75) is 24.9 Å². The summed E-state index contributed by atoms with van der Waals surface area (Å²) in [5.74, 6) is -5.51. The van der Waals surface area contributed by atoms with E-state index in [9.17, 15) is 40.4 Å². The molecule has 0 aliphatic heterocycles. The second-order valence-electron chi connectivity index (χ2n) is 10.5. The minimum Gasteiger partial charge on any atom is -0.325 e. The van der Waals surface area contributed by atoms with Crippen LogP contribution in [0.1, 0.15) is 11.1 Å². The third kappa shape index (κ3) is 11.0. The van der Waals surface area contributed by atoms with Crippen LogP contribution in [0.25, 0.3) is 0 Å². The van der Waals surface area contributed by atoms with Gasteiger partial charge in [0.2, 0.25) is 11.8 Å². The van der Waals surface area contributed by atoms with Gasteiger partial charge in [-0.05, 0) is 66.1 Å². The average Bonchev–Trinajstić information content (AvgIpc) is 3.02. The molecule has 0 unspecified atom stereocenters. The lowest BCUT2D eigenvalue weighted by Crippen LogP contribution is -2.57. The first-order chi connectivity index (χ1) is 22.7. The van der Waals surface area contributed by atoms with E-state index in [0.29, 0.717) is 17.8 Å². The smallest absolute Gasteiger partial charge is 0.325 e. The van der Waals surface area contributed by atoms with Crippen molar-refractivity contribution < 1.29 is 40.4 Å². The van der Waals surface area contributed by atoms with E-state index >= 15 is 0 Å². The van der Waals surface area contributed by atoms with Crippen molar-refractivity contribution in [1.82, 2.24) is 24.7 Å². The second-order valence-corrected chi connectivity index (χ2v) is 11.9. The molecule has 0 aliphatic rings. The fourth-order valence-corrected chi connectivity index (χ4v) is 5.58. The minimum absolute atomic E-state index is 0. The normalized spacial score (nSPS) is 12.2. The maximum atomic E-state index is 13.9. The van der Waals surface area contributed by atoms with Crippen LogP contribution < -0.4 is 24.6 Å². The van der Waals surface area contributed by atoms with Gasteiger partial charge in [-0.1, -0.05) is 0 Å². The van der Waals surface area contributed by atoms with Crippen molar-refractivity contribution in [3.8, 4) is 0 Å². The number of rotatable bonds is 12. The Balaban J connectivity index is 0.00000650. The summed E-state index contributed by atoms with van der Waals surface area (Å²) in [4.78, 5) is 49.9. The van der Waals surface area contributed by atoms with E-state index in [0.717, 1.165) is 34.1 Å². The molecule has 0 aliphatic carbocycles. The Morgan fingerprint density at radius 3 is 1.53 bits per heavy atom. The lowest BCUT2D eigenvalue weighted by molar-refractivity contribution is -0.120. The minimum atomic E-state index is -4.93. The van der Waals surface area contributed by atoms with E-state index in [1.165, 1.54) is 63.1 Å². The van der Waals surface area contributed by atoms with Gasteiger partial charge in [0.15, 0.2) is 0 Å². The number of benzene rings is 2. The van der Waals surface area contributed by atoms with E-state index in [1.807, 2.05) is 4.72 Å². The van der Waals surface area contributed by atoms with Gasteiger partial charge in [0.1, 0.15) is 35.4 Å². The van der Waals surface area contributed by atoms with Crippen LogP contribution in [0, 0.1) is 23.3 Å². The molecule has 18 heteroatoms. The van der Waals surface area contributed by atoms with Crippen molar-refractivity contribution in [3.05, 3.63) is 120 Å². The Hall–Kier alpha value is -5.07. The van der Waals surface area contributed by atoms with Gasteiger partial charge in [0.25, 0.3) is 0 Å². The second kappa shape index (κ2) is 16.8. The average molecular weight is 722 g/mol. The topological polar surface area (TPSA) is 154 Å². The zero-order valence-corrected chi connectivity index (χ0v) is 27.7. The summed E-state index contributed by atoms with van der Waals surface area (Å²) in [5.41, 5.74) is 0.445. The first-order valence-electron chi connectivity index (χ1n) is 14.1. The molecule has 2 aromatic heterocycles. The maximum absolute atomic E-state index is 13.9. The van der Waals surface area contributed by atoms with Crippen LogP contribution in [0.3, 0.4) is 0 Å². The predicted octanol–water partition coefficient (Wildman–Crippen LogP) is 3.13. The molecule has 2 aromatic carbocycles. The van der Waals surface area contributed by atoms with E-state index < -0.39 is 76.2 Å².